The third-order valence-electron chi connectivity index (χ3n) is 2.19. The molecule has 2 heteroatoms. The van der Waals surface area contributed by atoms with E-state index in [0.29, 0.717) is 6.17 Å². The second-order valence-electron chi connectivity index (χ2n) is 3.51. The SMILES string of the molecule is C=C(C)CC1=CNC2C=CC=CN12. The number of nitrogens with zero attached hydrogens (tertiary/aromatic N) is 1. The highest BCUT2D eigenvalue weighted by molar-refractivity contribution is 5.26. The zero-order valence-electron chi connectivity index (χ0n) is 7.83. The first-order valence-electron chi connectivity index (χ1n) is 4.50. The van der Waals surface area contributed by atoms with Gasteiger partial charge in [0.05, 0.1) is 0 Å². The van der Waals surface area contributed by atoms with Crippen molar-refractivity contribution in [2.45, 2.75) is 19.5 Å². The highest BCUT2D eigenvalue weighted by atomic mass is 15.3. The molecule has 0 saturated carbocycles. The maximum Gasteiger partial charge on any atom is 0.122 e. The molecule has 2 heterocycles. The molecule has 0 bridgehead atoms. The first kappa shape index (κ1) is 8.17. The number of hydrogen-bond acceptors (Lipinski definition) is 2. The average molecular weight is 174 g/mol. The van der Waals surface area contributed by atoms with Gasteiger partial charge >= 0.3 is 0 Å². The molecule has 13 heavy (non-hydrogen) atoms. The van der Waals surface area contributed by atoms with Crippen molar-refractivity contribution in [3.8, 4) is 0 Å². The molecule has 1 unspecified atom stereocenters. The first-order valence-corrected chi connectivity index (χ1v) is 4.50. The van der Waals surface area contributed by atoms with Crippen LogP contribution < -0.4 is 5.32 Å². The highest BCUT2D eigenvalue weighted by Crippen LogP contribution is 2.23. The number of rotatable bonds is 2. The molecule has 1 atom stereocenters. The van der Waals surface area contributed by atoms with Gasteiger partial charge in [-0.15, -0.1) is 0 Å². The summed E-state index contributed by atoms with van der Waals surface area (Å²) >= 11 is 0. The fourth-order valence-corrected chi connectivity index (χ4v) is 1.62. The molecule has 0 aromatic rings. The number of fused-ring (bicyclic) bond motifs is 1. The molecule has 0 aromatic carbocycles. The van der Waals surface area contributed by atoms with Crippen LogP contribution in [0.25, 0.3) is 0 Å². The van der Waals surface area contributed by atoms with Crippen LogP contribution in [0.5, 0.6) is 0 Å². The van der Waals surface area contributed by atoms with Gasteiger partial charge in [-0.2, -0.15) is 0 Å². The summed E-state index contributed by atoms with van der Waals surface area (Å²) in [5.74, 6) is 0. The Kier molecular flexibility index (Phi) is 1.97. The largest absolute Gasteiger partial charge is 0.366 e. The van der Waals surface area contributed by atoms with Crippen molar-refractivity contribution in [3.05, 3.63) is 48.5 Å². The number of allylic oxidation sites excluding steroid dienone is 3. The molecule has 2 rings (SSSR count). The van der Waals surface area contributed by atoms with E-state index in [0.717, 1.165) is 6.42 Å². The first-order chi connectivity index (χ1) is 6.27. The van der Waals surface area contributed by atoms with Crippen molar-refractivity contribution in [2.24, 2.45) is 0 Å². The lowest BCUT2D eigenvalue weighted by molar-refractivity contribution is 0.394. The van der Waals surface area contributed by atoms with Gasteiger partial charge in [0.2, 0.25) is 0 Å². The Bertz CT molecular complexity index is 310. The van der Waals surface area contributed by atoms with Crippen LogP contribution in [-0.4, -0.2) is 11.1 Å². The van der Waals surface area contributed by atoms with E-state index < -0.39 is 0 Å². The van der Waals surface area contributed by atoms with E-state index in [-0.39, 0.29) is 0 Å². The monoisotopic (exact) mass is 174 g/mol. The van der Waals surface area contributed by atoms with E-state index in [1.165, 1.54) is 11.3 Å². The van der Waals surface area contributed by atoms with Crippen molar-refractivity contribution in [3.63, 3.8) is 0 Å². The lowest BCUT2D eigenvalue weighted by Gasteiger charge is -2.25. The number of nitrogens with one attached hydrogen (secondary N) is 1. The van der Waals surface area contributed by atoms with E-state index in [9.17, 15) is 0 Å². The van der Waals surface area contributed by atoms with Gasteiger partial charge in [-0.3, -0.25) is 0 Å². The topological polar surface area (TPSA) is 15.3 Å². The zero-order chi connectivity index (χ0) is 9.26. The summed E-state index contributed by atoms with van der Waals surface area (Å²) in [5, 5.41) is 3.30. The van der Waals surface area contributed by atoms with Gasteiger partial charge in [-0.25, -0.2) is 0 Å². The molecule has 0 aromatic heterocycles. The van der Waals surface area contributed by atoms with Gasteiger partial charge in [-0.1, -0.05) is 18.2 Å². The summed E-state index contributed by atoms with van der Waals surface area (Å²) in [7, 11) is 0. The van der Waals surface area contributed by atoms with Crippen LogP contribution >= 0.6 is 0 Å². The van der Waals surface area contributed by atoms with Crippen LogP contribution in [0.3, 0.4) is 0 Å². The Morgan fingerprint density at radius 3 is 3.23 bits per heavy atom. The minimum Gasteiger partial charge on any atom is -0.366 e. The molecular formula is C11H14N2. The lowest BCUT2D eigenvalue weighted by Crippen LogP contribution is -2.32. The van der Waals surface area contributed by atoms with Gasteiger partial charge in [-0.05, 0) is 19.1 Å². The van der Waals surface area contributed by atoms with Crippen molar-refractivity contribution < 1.29 is 0 Å². The molecule has 0 amide bonds. The molecule has 0 spiro atoms. The fraction of sp³-hybridized carbons (Fsp3) is 0.273. The molecule has 2 aliphatic heterocycles. The Labute approximate surface area is 78.9 Å². The van der Waals surface area contributed by atoms with Gasteiger partial charge in [0.25, 0.3) is 0 Å². The van der Waals surface area contributed by atoms with Crippen LogP contribution in [-0.2, 0) is 0 Å². The molecule has 2 aliphatic rings. The van der Waals surface area contributed by atoms with Crippen LogP contribution in [0.15, 0.2) is 48.5 Å². The Hall–Kier alpha value is -1.44. The normalized spacial score (nSPS) is 23.9. The Morgan fingerprint density at radius 1 is 1.62 bits per heavy atom. The summed E-state index contributed by atoms with van der Waals surface area (Å²) in [5.41, 5.74) is 2.48. The quantitative estimate of drug-likeness (QED) is 0.645. The summed E-state index contributed by atoms with van der Waals surface area (Å²) in [6.45, 7) is 5.97. The summed E-state index contributed by atoms with van der Waals surface area (Å²) in [6, 6.07) is 0. The standard InChI is InChI=1S/C11H14N2/c1-9(2)7-10-8-12-11-5-3-4-6-13(10)11/h3-6,8,11-12H,1,7H2,2H3. The maximum atomic E-state index is 3.92. The highest BCUT2D eigenvalue weighted by Gasteiger charge is 2.22. The second-order valence-corrected chi connectivity index (χ2v) is 3.51. The summed E-state index contributed by atoms with van der Waals surface area (Å²) in [4.78, 5) is 2.23. The van der Waals surface area contributed by atoms with Crippen LogP contribution in [0, 0.1) is 0 Å². The van der Waals surface area contributed by atoms with Crippen LogP contribution in [0.1, 0.15) is 13.3 Å². The van der Waals surface area contributed by atoms with Gasteiger partial charge in [0.15, 0.2) is 0 Å². The van der Waals surface area contributed by atoms with E-state index in [2.05, 4.69) is 54.3 Å². The minimum absolute atomic E-state index is 0.319. The molecule has 0 aliphatic carbocycles. The fourth-order valence-electron chi connectivity index (χ4n) is 1.62. The molecule has 1 N–H and O–H groups in total. The molecule has 68 valence electrons. The zero-order valence-corrected chi connectivity index (χ0v) is 7.83. The van der Waals surface area contributed by atoms with Gasteiger partial charge < -0.3 is 10.2 Å². The lowest BCUT2D eigenvalue weighted by atomic mass is 10.2. The minimum atomic E-state index is 0.319. The van der Waals surface area contributed by atoms with Crippen LogP contribution in [0.4, 0.5) is 0 Å². The molecule has 0 radical (unpaired) electrons. The van der Waals surface area contributed by atoms with Crippen molar-refractivity contribution in [1.82, 2.24) is 10.2 Å². The van der Waals surface area contributed by atoms with Gasteiger partial charge in [0, 0.05) is 24.5 Å². The van der Waals surface area contributed by atoms with E-state index in [4.69, 9.17) is 0 Å². The smallest absolute Gasteiger partial charge is 0.122 e. The van der Waals surface area contributed by atoms with E-state index >= 15 is 0 Å². The van der Waals surface area contributed by atoms with E-state index in [1.54, 1.807) is 0 Å². The Balaban J connectivity index is 2.11. The van der Waals surface area contributed by atoms with Crippen molar-refractivity contribution >= 4 is 0 Å². The average Bonchev–Trinajstić information content (AvgIpc) is 2.48. The predicted molar refractivity (Wildman–Crippen MR) is 54.6 cm³/mol. The third kappa shape index (κ3) is 1.52. The third-order valence-corrected chi connectivity index (χ3v) is 2.19. The van der Waals surface area contributed by atoms with E-state index in [1.807, 2.05) is 0 Å². The molecule has 0 saturated heterocycles. The maximum absolute atomic E-state index is 3.92. The Morgan fingerprint density at radius 2 is 2.46 bits per heavy atom. The summed E-state index contributed by atoms with van der Waals surface area (Å²) in [6.07, 6.45) is 11.7. The van der Waals surface area contributed by atoms with Crippen LogP contribution in [0.2, 0.25) is 0 Å². The number of hydrogen-bond donors (Lipinski definition) is 1. The molecular weight excluding hydrogens is 160 g/mol. The predicted octanol–water partition coefficient (Wildman–Crippen LogP) is 2.11. The molecule has 2 nitrogen and oxygen atoms in total. The second kappa shape index (κ2) is 3.13. The molecule has 0 fully saturated rings. The van der Waals surface area contributed by atoms with Gasteiger partial charge in [0.1, 0.15) is 6.17 Å². The van der Waals surface area contributed by atoms with Crippen molar-refractivity contribution in [2.75, 3.05) is 0 Å². The summed E-state index contributed by atoms with van der Waals surface area (Å²) < 4.78 is 0. The van der Waals surface area contributed by atoms with Crippen molar-refractivity contribution in [1.29, 1.82) is 0 Å².